The van der Waals surface area contributed by atoms with Crippen LogP contribution in [0.25, 0.3) is 0 Å². The summed E-state index contributed by atoms with van der Waals surface area (Å²) in [5.74, 6) is 0.123. The third kappa shape index (κ3) is 5.36. The quantitative estimate of drug-likeness (QED) is 0.651. The van der Waals surface area contributed by atoms with Gasteiger partial charge < -0.3 is 5.32 Å². The van der Waals surface area contributed by atoms with Gasteiger partial charge in [-0.1, -0.05) is 13.8 Å². The van der Waals surface area contributed by atoms with Crippen LogP contribution in [0.2, 0.25) is 0 Å². The minimum atomic E-state index is -0.0703. The van der Waals surface area contributed by atoms with Crippen molar-refractivity contribution in [2.45, 2.75) is 13.8 Å². The smallest absolute Gasteiger partial charge is 0.233 e. The van der Waals surface area contributed by atoms with Crippen molar-refractivity contribution in [3.63, 3.8) is 0 Å². The first-order valence-corrected chi connectivity index (χ1v) is 4.39. The van der Waals surface area contributed by atoms with Crippen molar-refractivity contribution < 1.29 is 9.59 Å². The van der Waals surface area contributed by atoms with Crippen molar-refractivity contribution in [1.82, 2.24) is 10.2 Å². The maximum absolute atomic E-state index is 11.2. The summed E-state index contributed by atoms with van der Waals surface area (Å²) < 4.78 is 0. The number of carbonyl (C=O) groups excluding carboxylic acids is 2. The first kappa shape index (κ1) is 12.1. The van der Waals surface area contributed by atoms with E-state index in [1.165, 1.54) is 0 Å². The van der Waals surface area contributed by atoms with Gasteiger partial charge in [0.15, 0.2) is 0 Å². The van der Waals surface area contributed by atoms with Crippen LogP contribution in [0, 0.1) is 5.92 Å². The van der Waals surface area contributed by atoms with Crippen LogP contribution in [-0.2, 0) is 9.59 Å². The molecule has 0 atom stereocenters. The fourth-order valence-corrected chi connectivity index (χ4v) is 0.829. The Balaban J connectivity index is 3.80. The number of hydrogen-bond acceptors (Lipinski definition) is 3. The van der Waals surface area contributed by atoms with E-state index in [0.29, 0.717) is 6.54 Å². The summed E-state index contributed by atoms with van der Waals surface area (Å²) >= 11 is 0. The summed E-state index contributed by atoms with van der Waals surface area (Å²) in [6.45, 7) is 4.33. The second kappa shape index (κ2) is 5.70. The monoisotopic (exact) mass is 186 g/mol. The SMILES string of the molecule is CNC(=O)CN(C)CC(=O)C(C)C. The van der Waals surface area contributed by atoms with Crippen LogP contribution >= 0.6 is 0 Å². The number of nitrogens with zero attached hydrogens (tertiary/aromatic N) is 1. The van der Waals surface area contributed by atoms with Crippen molar-refractivity contribution >= 4 is 11.7 Å². The van der Waals surface area contributed by atoms with E-state index < -0.39 is 0 Å². The highest BCUT2D eigenvalue weighted by molar-refractivity contribution is 5.83. The lowest BCUT2D eigenvalue weighted by Crippen LogP contribution is -2.37. The third-order valence-corrected chi connectivity index (χ3v) is 1.76. The van der Waals surface area contributed by atoms with E-state index in [4.69, 9.17) is 0 Å². The molecule has 0 aromatic heterocycles. The van der Waals surface area contributed by atoms with Gasteiger partial charge in [-0.2, -0.15) is 0 Å². The topological polar surface area (TPSA) is 49.4 Å². The van der Waals surface area contributed by atoms with E-state index in [1.807, 2.05) is 13.8 Å². The molecular formula is C9H18N2O2. The molecule has 0 aromatic carbocycles. The molecule has 0 radical (unpaired) electrons. The summed E-state index contributed by atoms with van der Waals surface area (Å²) in [5, 5.41) is 2.51. The van der Waals surface area contributed by atoms with Gasteiger partial charge >= 0.3 is 0 Å². The Bertz CT molecular complexity index is 190. The average Bonchev–Trinajstić information content (AvgIpc) is 2.03. The number of hydrogen-bond donors (Lipinski definition) is 1. The van der Waals surface area contributed by atoms with Crippen molar-refractivity contribution in [2.75, 3.05) is 27.2 Å². The minimum absolute atomic E-state index is 0.0344. The maximum Gasteiger partial charge on any atom is 0.233 e. The maximum atomic E-state index is 11.2. The van der Waals surface area contributed by atoms with E-state index in [1.54, 1.807) is 19.0 Å². The summed E-state index contributed by atoms with van der Waals surface area (Å²) in [6.07, 6.45) is 0. The zero-order valence-electron chi connectivity index (χ0n) is 8.76. The van der Waals surface area contributed by atoms with Crippen LogP contribution in [0.1, 0.15) is 13.8 Å². The standard InChI is InChI=1S/C9H18N2O2/c1-7(2)8(12)5-11(4)6-9(13)10-3/h7H,5-6H2,1-4H3,(H,10,13). The highest BCUT2D eigenvalue weighted by Gasteiger charge is 2.11. The first-order valence-electron chi connectivity index (χ1n) is 4.39. The molecule has 13 heavy (non-hydrogen) atoms. The van der Waals surface area contributed by atoms with Gasteiger partial charge in [0.1, 0.15) is 5.78 Å². The summed E-state index contributed by atoms with van der Waals surface area (Å²) in [6, 6.07) is 0. The zero-order valence-corrected chi connectivity index (χ0v) is 8.76. The third-order valence-electron chi connectivity index (χ3n) is 1.76. The van der Waals surface area contributed by atoms with E-state index >= 15 is 0 Å². The number of nitrogens with one attached hydrogen (secondary N) is 1. The van der Waals surface area contributed by atoms with E-state index in [-0.39, 0.29) is 24.2 Å². The molecule has 0 bridgehead atoms. The fraction of sp³-hybridized carbons (Fsp3) is 0.778. The summed E-state index contributed by atoms with van der Waals surface area (Å²) in [4.78, 5) is 23.9. The van der Waals surface area contributed by atoms with Crippen LogP contribution in [0.5, 0.6) is 0 Å². The number of rotatable bonds is 5. The molecule has 0 saturated heterocycles. The van der Waals surface area contributed by atoms with Crippen LogP contribution in [0.3, 0.4) is 0 Å². The molecule has 0 unspecified atom stereocenters. The lowest BCUT2D eigenvalue weighted by Gasteiger charge is -2.15. The Morgan fingerprint density at radius 3 is 2.23 bits per heavy atom. The molecule has 0 heterocycles. The summed E-state index contributed by atoms with van der Waals surface area (Å²) in [5.41, 5.74) is 0. The molecule has 0 aliphatic carbocycles. The molecular weight excluding hydrogens is 168 g/mol. The average molecular weight is 186 g/mol. The Morgan fingerprint density at radius 2 is 1.85 bits per heavy atom. The van der Waals surface area contributed by atoms with Gasteiger partial charge in [-0.3, -0.25) is 14.5 Å². The Kier molecular flexibility index (Phi) is 5.30. The summed E-state index contributed by atoms with van der Waals surface area (Å²) in [7, 11) is 3.34. The predicted octanol–water partition coefficient (Wildman–Crippen LogP) is -0.111. The second-order valence-electron chi connectivity index (χ2n) is 3.47. The van der Waals surface area contributed by atoms with Crippen molar-refractivity contribution in [1.29, 1.82) is 0 Å². The van der Waals surface area contributed by atoms with Crippen molar-refractivity contribution in [3.05, 3.63) is 0 Å². The van der Waals surface area contributed by atoms with Crippen LogP contribution in [0.4, 0.5) is 0 Å². The van der Waals surface area contributed by atoms with Gasteiger partial charge in [0, 0.05) is 13.0 Å². The molecule has 0 aliphatic heterocycles. The number of carbonyl (C=O) groups is 2. The molecule has 4 nitrogen and oxygen atoms in total. The number of Topliss-reactive ketones (excluding diaryl/α,β-unsaturated/α-hetero) is 1. The Hall–Kier alpha value is -0.900. The number of likely N-dealkylation sites (N-methyl/N-ethyl adjacent to an activating group) is 2. The number of amides is 1. The van der Waals surface area contributed by atoms with Gasteiger partial charge in [0.2, 0.25) is 5.91 Å². The highest BCUT2D eigenvalue weighted by Crippen LogP contribution is 1.95. The van der Waals surface area contributed by atoms with Crippen LogP contribution in [0.15, 0.2) is 0 Å². The van der Waals surface area contributed by atoms with Crippen molar-refractivity contribution in [2.24, 2.45) is 5.92 Å². The Labute approximate surface area is 79.3 Å². The predicted molar refractivity (Wildman–Crippen MR) is 51.4 cm³/mol. The number of ketones is 1. The van der Waals surface area contributed by atoms with E-state index in [2.05, 4.69) is 5.32 Å². The van der Waals surface area contributed by atoms with E-state index in [9.17, 15) is 9.59 Å². The molecule has 0 fully saturated rings. The molecule has 4 heteroatoms. The molecule has 1 amide bonds. The molecule has 0 saturated carbocycles. The lowest BCUT2D eigenvalue weighted by atomic mass is 10.1. The molecule has 76 valence electrons. The first-order chi connectivity index (χ1) is 5.97. The lowest BCUT2D eigenvalue weighted by molar-refractivity contribution is -0.124. The van der Waals surface area contributed by atoms with Gasteiger partial charge in [0.25, 0.3) is 0 Å². The van der Waals surface area contributed by atoms with E-state index in [0.717, 1.165) is 0 Å². The van der Waals surface area contributed by atoms with Crippen molar-refractivity contribution in [3.8, 4) is 0 Å². The molecule has 0 spiro atoms. The van der Waals surface area contributed by atoms with Gasteiger partial charge in [-0.05, 0) is 7.05 Å². The second-order valence-corrected chi connectivity index (χ2v) is 3.47. The van der Waals surface area contributed by atoms with Gasteiger partial charge in [-0.25, -0.2) is 0 Å². The fourth-order valence-electron chi connectivity index (χ4n) is 0.829. The molecule has 1 N–H and O–H groups in total. The zero-order chi connectivity index (χ0) is 10.4. The van der Waals surface area contributed by atoms with Crippen LogP contribution in [-0.4, -0.2) is 43.8 Å². The molecule has 0 aromatic rings. The molecule has 0 rings (SSSR count). The Morgan fingerprint density at radius 1 is 1.31 bits per heavy atom. The van der Waals surface area contributed by atoms with Gasteiger partial charge in [0.05, 0.1) is 13.1 Å². The highest BCUT2D eigenvalue weighted by atomic mass is 16.2. The largest absolute Gasteiger partial charge is 0.358 e. The van der Waals surface area contributed by atoms with Gasteiger partial charge in [-0.15, -0.1) is 0 Å². The normalized spacial score (nSPS) is 10.6. The van der Waals surface area contributed by atoms with Crippen LogP contribution < -0.4 is 5.32 Å². The minimum Gasteiger partial charge on any atom is -0.358 e. The molecule has 0 aliphatic rings.